The lowest BCUT2D eigenvalue weighted by Crippen LogP contribution is -2.24. The van der Waals surface area contributed by atoms with E-state index < -0.39 is 0 Å². The Hall–Kier alpha value is -0.840. The molecule has 4 nitrogen and oxygen atoms in total. The summed E-state index contributed by atoms with van der Waals surface area (Å²) in [6.07, 6.45) is 7.93. The molecule has 0 aliphatic rings. The average Bonchev–Trinajstić information content (AvgIpc) is 2.70. The van der Waals surface area contributed by atoms with Crippen molar-refractivity contribution in [3.63, 3.8) is 0 Å². The van der Waals surface area contributed by atoms with Crippen LogP contribution in [0.5, 0.6) is 0 Å². The Kier molecular flexibility index (Phi) is 6.15. The zero-order chi connectivity index (χ0) is 11.8. The van der Waals surface area contributed by atoms with Gasteiger partial charge in [0.05, 0.1) is 11.8 Å². The van der Waals surface area contributed by atoms with E-state index in [0.717, 1.165) is 18.3 Å². The monoisotopic (exact) mass is 287 g/mol. The second kappa shape index (κ2) is 7.44. The molecule has 1 rings (SSSR count). The van der Waals surface area contributed by atoms with Gasteiger partial charge in [0, 0.05) is 25.1 Å². The Morgan fingerprint density at radius 2 is 2.19 bits per heavy atom. The van der Waals surface area contributed by atoms with Gasteiger partial charge in [0.2, 0.25) is 0 Å². The third-order valence-corrected chi connectivity index (χ3v) is 2.87. The van der Waals surface area contributed by atoms with Crippen LogP contribution in [0, 0.1) is 0 Å². The molecule has 0 saturated carbocycles. The van der Waals surface area contributed by atoms with Gasteiger partial charge in [-0.05, 0) is 12.8 Å². The van der Waals surface area contributed by atoms with Crippen LogP contribution in [0.2, 0.25) is 0 Å². The molecule has 0 bridgehead atoms. The van der Waals surface area contributed by atoms with E-state index in [-0.39, 0.29) is 5.91 Å². The molecule has 0 aliphatic carbocycles. The SMILES string of the molecule is Cn1cc(C(=O)NCCCCCCBr)cn1. The average molecular weight is 288 g/mol. The smallest absolute Gasteiger partial charge is 0.254 e. The molecule has 0 atom stereocenters. The maximum Gasteiger partial charge on any atom is 0.254 e. The normalized spacial score (nSPS) is 10.4. The molecule has 1 N–H and O–H groups in total. The molecule has 1 amide bonds. The van der Waals surface area contributed by atoms with Crippen molar-refractivity contribution < 1.29 is 4.79 Å². The highest BCUT2D eigenvalue weighted by molar-refractivity contribution is 9.09. The highest BCUT2D eigenvalue weighted by atomic mass is 79.9. The Morgan fingerprint density at radius 3 is 2.81 bits per heavy atom. The number of carbonyl (C=O) groups excluding carboxylic acids is 1. The van der Waals surface area contributed by atoms with Crippen LogP contribution in [0.1, 0.15) is 36.0 Å². The van der Waals surface area contributed by atoms with Crippen LogP contribution in [0.15, 0.2) is 12.4 Å². The molecule has 1 aromatic heterocycles. The van der Waals surface area contributed by atoms with Crippen LogP contribution >= 0.6 is 15.9 Å². The van der Waals surface area contributed by atoms with Crippen LogP contribution in [0.4, 0.5) is 0 Å². The molecule has 0 fully saturated rings. The van der Waals surface area contributed by atoms with E-state index >= 15 is 0 Å². The molecule has 1 heterocycles. The maximum atomic E-state index is 11.6. The number of aromatic nitrogens is 2. The first-order chi connectivity index (χ1) is 7.74. The molecular weight excluding hydrogens is 270 g/mol. The highest BCUT2D eigenvalue weighted by Crippen LogP contribution is 2.01. The molecule has 0 aliphatic heterocycles. The lowest BCUT2D eigenvalue weighted by Gasteiger charge is -2.02. The fourth-order valence-electron chi connectivity index (χ4n) is 1.42. The third kappa shape index (κ3) is 4.79. The maximum absolute atomic E-state index is 11.6. The number of amides is 1. The number of halogens is 1. The van der Waals surface area contributed by atoms with Crippen molar-refractivity contribution in [3.05, 3.63) is 18.0 Å². The van der Waals surface area contributed by atoms with Crippen molar-refractivity contribution in [1.29, 1.82) is 0 Å². The zero-order valence-electron chi connectivity index (χ0n) is 9.58. The van der Waals surface area contributed by atoms with Crippen LogP contribution in [0.3, 0.4) is 0 Å². The minimum Gasteiger partial charge on any atom is -0.352 e. The van der Waals surface area contributed by atoms with Gasteiger partial charge in [-0.1, -0.05) is 28.8 Å². The fourth-order valence-corrected chi connectivity index (χ4v) is 1.81. The summed E-state index contributed by atoms with van der Waals surface area (Å²) in [7, 11) is 1.80. The molecule has 0 unspecified atom stereocenters. The van der Waals surface area contributed by atoms with Crippen molar-refractivity contribution in [2.24, 2.45) is 7.05 Å². The van der Waals surface area contributed by atoms with E-state index in [0.29, 0.717) is 5.56 Å². The van der Waals surface area contributed by atoms with Crippen molar-refractivity contribution in [3.8, 4) is 0 Å². The first kappa shape index (κ1) is 13.2. The zero-order valence-corrected chi connectivity index (χ0v) is 11.2. The van der Waals surface area contributed by atoms with E-state index in [1.165, 1.54) is 19.3 Å². The van der Waals surface area contributed by atoms with Gasteiger partial charge in [0.25, 0.3) is 5.91 Å². The van der Waals surface area contributed by atoms with E-state index in [1.807, 2.05) is 0 Å². The van der Waals surface area contributed by atoms with Crippen LogP contribution in [-0.2, 0) is 7.05 Å². The van der Waals surface area contributed by atoms with Gasteiger partial charge in [-0.2, -0.15) is 5.10 Å². The topological polar surface area (TPSA) is 46.9 Å². The van der Waals surface area contributed by atoms with E-state index in [1.54, 1.807) is 24.1 Å². The first-order valence-electron chi connectivity index (χ1n) is 5.57. The van der Waals surface area contributed by atoms with Gasteiger partial charge in [0.1, 0.15) is 0 Å². The summed E-state index contributed by atoms with van der Waals surface area (Å²) >= 11 is 3.40. The Balaban J connectivity index is 2.11. The van der Waals surface area contributed by atoms with Gasteiger partial charge in [0.15, 0.2) is 0 Å². The Bertz CT molecular complexity index is 325. The Labute approximate surface area is 105 Å². The van der Waals surface area contributed by atoms with E-state index in [4.69, 9.17) is 0 Å². The van der Waals surface area contributed by atoms with Gasteiger partial charge < -0.3 is 5.32 Å². The van der Waals surface area contributed by atoms with Crippen LogP contribution in [0.25, 0.3) is 0 Å². The number of hydrogen-bond acceptors (Lipinski definition) is 2. The predicted molar refractivity (Wildman–Crippen MR) is 67.8 cm³/mol. The molecule has 0 radical (unpaired) electrons. The number of alkyl halides is 1. The summed E-state index contributed by atoms with van der Waals surface area (Å²) < 4.78 is 1.63. The molecule has 0 saturated heterocycles. The van der Waals surface area contributed by atoms with Crippen molar-refractivity contribution in [2.45, 2.75) is 25.7 Å². The van der Waals surface area contributed by atoms with E-state index in [2.05, 4.69) is 26.3 Å². The number of rotatable bonds is 7. The van der Waals surface area contributed by atoms with Crippen molar-refractivity contribution in [2.75, 3.05) is 11.9 Å². The molecular formula is C11H18BrN3O. The van der Waals surface area contributed by atoms with Crippen molar-refractivity contribution >= 4 is 21.8 Å². The largest absolute Gasteiger partial charge is 0.352 e. The van der Waals surface area contributed by atoms with Gasteiger partial charge in [-0.3, -0.25) is 9.48 Å². The van der Waals surface area contributed by atoms with Gasteiger partial charge >= 0.3 is 0 Å². The fraction of sp³-hybridized carbons (Fsp3) is 0.636. The number of hydrogen-bond donors (Lipinski definition) is 1. The van der Waals surface area contributed by atoms with Gasteiger partial charge in [-0.15, -0.1) is 0 Å². The number of unbranched alkanes of at least 4 members (excludes halogenated alkanes) is 3. The number of nitrogens with one attached hydrogen (secondary N) is 1. The summed E-state index contributed by atoms with van der Waals surface area (Å²) in [5.41, 5.74) is 0.628. The second-order valence-corrected chi connectivity index (χ2v) is 4.55. The summed E-state index contributed by atoms with van der Waals surface area (Å²) in [6.45, 7) is 0.746. The summed E-state index contributed by atoms with van der Waals surface area (Å²) in [5.74, 6) is -0.0337. The molecule has 90 valence electrons. The lowest BCUT2D eigenvalue weighted by atomic mass is 10.2. The quantitative estimate of drug-likeness (QED) is 0.617. The van der Waals surface area contributed by atoms with Gasteiger partial charge in [-0.25, -0.2) is 0 Å². The lowest BCUT2D eigenvalue weighted by molar-refractivity contribution is 0.0953. The number of nitrogens with zero attached hydrogens (tertiary/aromatic N) is 2. The summed E-state index contributed by atoms with van der Waals surface area (Å²) in [6, 6.07) is 0. The summed E-state index contributed by atoms with van der Waals surface area (Å²) in [5, 5.41) is 7.91. The highest BCUT2D eigenvalue weighted by Gasteiger charge is 2.05. The van der Waals surface area contributed by atoms with Crippen molar-refractivity contribution in [1.82, 2.24) is 15.1 Å². The molecule has 16 heavy (non-hydrogen) atoms. The number of aryl methyl sites for hydroxylation is 1. The number of carbonyl (C=O) groups is 1. The first-order valence-corrected chi connectivity index (χ1v) is 6.69. The van der Waals surface area contributed by atoms with Crippen LogP contribution < -0.4 is 5.32 Å². The molecule has 1 aromatic rings. The molecule has 5 heteroatoms. The van der Waals surface area contributed by atoms with Crippen LogP contribution in [-0.4, -0.2) is 27.6 Å². The molecule has 0 aromatic carbocycles. The van der Waals surface area contributed by atoms with E-state index in [9.17, 15) is 4.79 Å². The minimum absolute atomic E-state index is 0.0337. The minimum atomic E-state index is -0.0337. The summed E-state index contributed by atoms with van der Waals surface area (Å²) in [4.78, 5) is 11.6. The third-order valence-electron chi connectivity index (χ3n) is 2.31. The predicted octanol–water partition coefficient (Wildman–Crippen LogP) is 2.11. The molecule has 0 spiro atoms. The standard InChI is InChI=1S/C11H18BrN3O/c1-15-9-10(8-14-15)11(16)13-7-5-3-2-4-6-12/h8-9H,2-7H2,1H3,(H,13,16). The second-order valence-electron chi connectivity index (χ2n) is 3.76. The Morgan fingerprint density at radius 1 is 1.44 bits per heavy atom.